The quantitative estimate of drug-likeness (QED) is 0.476. The Labute approximate surface area is 86.3 Å². The van der Waals surface area contributed by atoms with Crippen molar-refractivity contribution < 1.29 is 9.53 Å². The van der Waals surface area contributed by atoms with E-state index in [1.165, 1.54) is 12.7 Å². The molecule has 2 nitrogen and oxygen atoms in total. The molecular formula is C12H20O2. The first-order valence-corrected chi connectivity index (χ1v) is 5.21. The van der Waals surface area contributed by atoms with Gasteiger partial charge in [0.1, 0.15) is 0 Å². The molecule has 1 aliphatic rings. The van der Waals surface area contributed by atoms with Crippen LogP contribution in [0.5, 0.6) is 0 Å². The van der Waals surface area contributed by atoms with E-state index in [1.54, 1.807) is 0 Å². The van der Waals surface area contributed by atoms with Gasteiger partial charge in [0.15, 0.2) is 0 Å². The molecule has 80 valence electrons. The Hall–Kier alpha value is -0.790. The standard InChI is InChI=1S/C12H20O2/c1-12(2,3)8-9-5-6-10(7-9)11(13)14-4/h8,10H,5-7H2,1-4H3/b9-8-. The van der Waals surface area contributed by atoms with Crippen molar-refractivity contribution in [2.24, 2.45) is 11.3 Å². The number of hydrogen-bond donors (Lipinski definition) is 0. The van der Waals surface area contributed by atoms with Crippen molar-refractivity contribution in [2.45, 2.75) is 40.0 Å². The van der Waals surface area contributed by atoms with Crippen molar-refractivity contribution in [2.75, 3.05) is 7.11 Å². The molecule has 0 aliphatic heterocycles. The van der Waals surface area contributed by atoms with Crippen LogP contribution in [0.1, 0.15) is 40.0 Å². The Balaban J connectivity index is 2.57. The van der Waals surface area contributed by atoms with Crippen LogP contribution in [0.3, 0.4) is 0 Å². The minimum Gasteiger partial charge on any atom is -0.469 e. The Morgan fingerprint density at radius 3 is 2.64 bits per heavy atom. The third-order valence-electron chi connectivity index (χ3n) is 2.49. The SMILES string of the molecule is COC(=O)C1CC/C(=C/C(C)(C)C)C1. The second-order valence-corrected chi connectivity index (χ2v) is 5.13. The van der Waals surface area contributed by atoms with Crippen molar-refractivity contribution in [3.05, 3.63) is 11.6 Å². The summed E-state index contributed by atoms with van der Waals surface area (Å²) in [5.74, 6) is 0.0518. The minimum atomic E-state index is -0.0534. The first-order chi connectivity index (χ1) is 6.42. The van der Waals surface area contributed by atoms with Gasteiger partial charge in [-0.3, -0.25) is 4.79 Å². The largest absolute Gasteiger partial charge is 0.469 e. The fourth-order valence-electron chi connectivity index (χ4n) is 1.99. The Kier molecular flexibility index (Phi) is 3.35. The molecule has 2 heteroatoms. The van der Waals surface area contributed by atoms with Crippen molar-refractivity contribution in [1.82, 2.24) is 0 Å². The van der Waals surface area contributed by atoms with Gasteiger partial charge in [-0.25, -0.2) is 0 Å². The molecule has 1 fully saturated rings. The van der Waals surface area contributed by atoms with Crippen LogP contribution in [-0.2, 0) is 9.53 Å². The van der Waals surface area contributed by atoms with E-state index in [1.807, 2.05) is 0 Å². The predicted molar refractivity (Wildman–Crippen MR) is 56.9 cm³/mol. The number of carbonyl (C=O) groups is 1. The predicted octanol–water partition coefficient (Wildman–Crippen LogP) is 2.93. The van der Waals surface area contributed by atoms with Crippen LogP contribution in [0.4, 0.5) is 0 Å². The van der Waals surface area contributed by atoms with Crippen molar-refractivity contribution in [1.29, 1.82) is 0 Å². The molecule has 0 aromatic heterocycles. The summed E-state index contributed by atoms with van der Waals surface area (Å²) in [5.41, 5.74) is 1.63. The van der Waals surface area contributed by atoms with Crippen LogP contribution in [-0.4, -0.2) is 13.1 Å². The summed E-state index contributed by atoms with van der Waals surface area (Å²) in [5, 5.41) is 0. The highest BCUT2D eigenvalue weighted by atomic mass is 16.5. The van der Waals surface area contributed by atoms with E-state index in [-0.39, 0.29) is 17.3 Å². The van der Waals surface area contributed by atoms with Gasteiger partial charge in [-0.2, -0.15) is 0 Å². The summed E-state index contributed by atoms with van der Waals surface area (Å²) in [7, 11) is 1.47. The Morgan fingerprint density at radius 1 is 1.50 bits per heavy atom. The summed E-state index contributed by atoms with van der Waals surface area (Å²) in [4.78, 5) is 11.3. The van der Waals surface area contributed by atoms with Crippen molar-refractivity contribution in [3.8, 4) is 0 Å². The van der Waals surface area contributed by atoms with Gasteiger partial charge in [0.25, 0.3) is 0 Å². The normalized spacial score (nSPS) is 25.4. The zero-order chi connectivity index (χ0) is 10.8. The molecule has 14 heavy (non-hydrogen) atoms. The zero-order valence-corrected chi connectivity index (χ0v) is 9.59. The molecule has 1 atom stereocenters. The van der Waals surface area contributed by atoms with Crippen molar-refractivity contribution >= 4 is 5.97 Å². The summed E-state index contributed by atoms with van der Waals surface area (Å²) in [6.45, 7) is 6.56. The van der Waals surface area contributed by atoms with Crippen LogP contribution in [0.25, 0.3) is 0 Å². The van der Waals surface area contributed by atoms with E-state index in [0.29, 0.717) is 0 Å². The average molecular weight is 196 g/mol. The molecule has 1 saturated carbocycles. The highest BCUT2D eigenvalue weighted by Gasteiger charge is 2.27. The summed E-state index contributed by atoms with van der Waals surface area (Å²) in [6, 6.07) is 0. The maximum absolute atomic E-state index is 11.3. The van der Waals surface area contributed by atoms with Crippen LogP contribution in [0.2, 0.25) is 0 Å². The average Bonchev–Trinajstić information content (AvgIpc) is 2.48. The molecule has 1 unspecified atom stereocenters. The third kappa shape index (κ3) is 3.17. The van der Waals surface area contributed by atoms with E-state index < -0.39 is 0 Å². The van der Waals surface area contributed by atoms with Gasteiger partial charge in [-0.05, 0) is 24.7 Å². The Bertz CT molecular complexity index is 246. The number of methoxy groups -OCH3 is 1. The van der Waals surface area contributed by atoms with E-state index in [2.05, 4.69) is 26.8 Å². The van der Waals surface area contributed by atoms with Crippen LogP contribution in [0.15, 0.2) is 11.6 Å². The smallest absolute Gasteiger partial charge is 0.308 e. The van der Waals surface area contributed by atoms with Gasteiger partial charge in [0, 0.05) is 0 Å². The van der Waals surface area contributed by atoms with Gasteiger partial charge in [0.2, 0.25) is 0 Å². The summed E-state index contributed by atoms with van der Waals surface area (Å²) < 4.78 is 4.75. The zero-order valence-electron chi connectivity index (χ0n) is 9.59. The van der Waals surface area contributed by atoms with Gasteiger partial charge < -0.3 is 4.74 Å². The lowest BCUT2D eigenvalue weighted by atomic mass is 9.93. The molecule has 0 radical (unpaired) electrons. The fraction of sp³-hybridized carbons (Fsp3) is 0.750. The monoisotopic (exact) mass is 196 g/mol. The second kappa shape index (κ2) is 4.16. The maximum Gasteiger partial charge on any atom is 0.308 e. The lowest BCUT2D eigenvalue weighted by Crippen LogP contribution is -2.12. The van der Waals surface area contributed by atoms with Crippen LogP contribution < -0.4 is 0 Å². The number of hydrogen-bond acceptors (Lipinski definition) is 2. The Morgan fingerprint density at radius 2 is 2.14 bits per heavy atom. The first-order valence-electron chi connectivity index (χ1n) is 5.21. The molecular weight excluding hydrogens is 176 g/mol. The number of ether oxygens (including phenoxy) is 1. The lowest BCUT2D eigenvalue weighted by Gasteiger charge is -2.13. The van der Waals surface area contributed by atoms with Crippen molar-refractivity contribution in [3.63, 3.8) is 0 Å². The molecule has 0 aromatic rings. The fourth-order valence-corrected chi connectivity index (χ4v) is 1.99. The number of allylic oxidation sites excluding steroid dienone is 2. The van der Waals surface area contributed by atoms with E-state index >= 15 is 0 Å². The topological polar surface area (TPSA) is 26.3 Å². The summed E-state index contributed by atoms with van der Waals surface area (Å²) in [6.07, 6.45) is 5.19. The molecule has 0 bridgehead atoms. The molecule has 0 saturated heterocycles. The van der Waals surface area contributed by atoms with Gasteiger partial charge in [0.05, 0.1) is 13.0 Å². The lowest BCUT2D eigenvalue weighted by molar-refractivity contribution is -0.145. The molecule has 0 spiro atoms. The highest BCUT2D eigenvalue weighted by Crippen LogP contribution is 2.33. The minimum absolute atomic E-state index is 0.0534. The van der Waals surface area contributed by atoms with Crippen LogP contribution in [0, 0.1) is 11.3 Å². The van der Waals surface area contributed by atoms with Gasteiger partial charge >= 0.3 is 5.97 Å². The van der Waals surface area contributed by atoms with E-state index in [4.69, 9.17) is 4.74 Å². The number of carbonyl (C=O) groups excluding carboxylic acids is 1. The van der Waals surface area contributed by atoms with Gasteiger partial charge in [-0.15, -0.1) is 0 Å². The number of rotatable bonds is 1. The molecule has 0 amide bonds. The molecule has 0 aromatic carbocycles. The summed E-state index contributed by atoms with van der Waals surface area (Å²) >= 11 is 0. The van der Waals surface area contributed by atoms with Crippen LogP contribution >= 0.6 is 0 Å². The second-order valence-electron chi connectivity index (χ2n) is 5.13. The van der Waals surface area contributed by atoms with E-state index in [9.17, 15) is 4.79 Å². The van der Waals surface area contributed by atoms with E-state index in [0.717, 1.165) is 19.3 Å². The highest BCUT2D eigenvalue weighted by molar-refractivity contribution is 5.73. The molecule has 1 aliphatic carbocycles. The third-order valence-corrected chi connectivity index (χ3v) is 2.49. The maximum atomic E-state index is 11.3. The number of esters is 1. The molecule has 1 rings (SSSR count). The molecule has 0 heterocycles. The first kappa shape index (κ1) is 11.3. The molecule has 0 N–H and O–H groups in total. The van der Waals surface area contributed by atoms with Gasteiger partial charge in [-0.1, -0.05) is 32.4 Å².